The van der Waals surface area contributed by atoms with E-state index in [0.717, 1.165) is 19.3 Å². The van der Waals surface area contributed by atoms with Gasteiger partial charge in [-0.2, -0.15) is 0 Å². The normalized spacial score (nSPS) is 9.83. The predicted octanol–water partition coefficient (Wildman–Crippen LogP) is 1.02. The van der Waals surface area contributed by atoms with E-state index in [0.29, 0.717) is 6.54 Å². The van der Waals surface area contributed by atoms with Gasteiger partial charge < -0.3 is 5.32 Å². The Kier molecular flexibility index (Phi) is 6.50. The van der Waals surface area contributed by atoms with Crippen LogP contribution in [0, 0.1) is 0 Å². The molecule has 1 aromatic rings. The molecule has 0 saturated heterocycles. The van der Waals surface area contributed by atoms with E-state index in [9.17, 15) is 9.59 Å². The zero-order valence-corrected chi connectivity index (χ0v) is 10.2. The van der Waals surface area contributed by atoms with Crippen molar-refractivity contribution in [3.8, 4) is 0 Å². The summed E-state index contributed by atoms with van der Waals surface area (Å²) in [7, 11) is 0. The molecule has 1 rings (SSSR count). The van der Waals surface area contributed by atoms with Crippen molar-refractivity contribution in [1.29, 1.82) is 0 Å². The van der Waals surface area contributed by atoms with Gasteiger partial charge in [-0.1, -0.05) is 30.3 Å². The van der Waals surface area contributed by atoms with Crippen molar-refractivity contribution in [1.82, 2.24) is 10.8 Å². The summed E-state index contributed by atoms with van der Waals surface area (Å²) in [5.74, 6) is -1.07. The Balaban J connectivity index is 2.05. The van der Waals surface area contributed by atoms with E-state index in [-0.39, 0.29) is 12.3 Å². The van der Waals surface area contributed by atoms with Crippen LogP contribution in [0.1, 0.15) is 24.8 Å². The first kappa shape index (κ1) is 14.2. The Morgan fingerprint density at radius 2 is 1.78 bits per heavy atom. The van der Waals surface area contributed by atoms with E-state index in [4.69, 9.17) is 5.21 Å². The number of aryl methyl sites for hydroxylation is 1. The van der Waals surface area contributed by atoms with E-state index < -0.39 is 5.91 Å². The second-order valence-corrected chi connectivity index (χ2v) is 4.00. The van der Waals surface area contributed by atoms with Crippen molar-refractivity contribution < 1.29 is 14.8 Å². The number of rotatable bonds is 7. The minimum Gasteiger partial charge on any atom is -0.356 e. The Morgan fingerprint density at radius 3 is 2.44 bits per heavy atom. The molecule has 0 aliphatic carbocycles. The van der Waals surface area contributed by atoms with Crippen LogP contribution in [0.3, 0.4) is 0 Å². The molecule has 2 amide bonds. The molecule has 5 nitrogen and oxygen atoms in total. The third-order valence-electron chi connectivity index (χ3n) is 2.50. The van der Waals surface area contributed by atoms with E-state index in [1.165, 1.54) is 11.0 Å². The molecule has 0 radical (unpaired) electrons. The summed E-state index contributed by atoms with van der Waals surface area (Å²) in [4.78, 5) is 21.8. The summed E-state index contributed by atoms with van der Waals surface area (Å²) in [6.45, 7) is 0.546. The first-order valence-electron chi connectivity index (χ1n) is 5.96. The number of hydroxylamine groups is 1. The summed E-state index contributed by atoms with van der Waals surface area (Å²) >= 11 is 0. The molecule has 18 heavy (non-hydrogen) atoms. The number of benzene rings is 1. The maximum atomic E-state index is 11.2. The van der Waals surface area contributed by atoms with Crippen molar-refractivity contribution >= 4 is 11.8 Å². The molecule has 0 spiro atoms. The maximum absolute atomic E-state index is 11.2. The number of carbonyl (C=O) groups excluding carboxylic acids is 2. The highest BCUT2D eigenvalue weighted by Crippen LogP contribution is 2.03. The Morgan fingerprint density at radius 1 is 1.06 bits per heavy atom. The fourth-order valence-corrected chi connectivity index (χ4v) is 1.57. The quantitative estimate of drug-likeness (QED) is 0.292. The molecule has 0 saturated carbocycles. The Hall–Kier alpha value is -1.88. The van der Waals surface area contributed by atoms with Gasteiger partial charge in [-0.25, -0.2) is 5.48 Å². The molecule has 0 bridgehead atoms. The van der Waals surface area contributed by atoms with Crippen LogP contribution in [0.2, 0.25) is 0 Å². The third-order valence-corrected chi connectivity index (χ3v) is 2.50. The van der Waals surface area contributed by atoms with Crippen LogP contribution in [0.5, 0.6) is 0 Å². The molecule has 3 N–H and O–H groups in total. The summed E-state index contributed by atoms with van der Waals surface area (Å²) in [5.41, 5.74) is 2.70. The predicted molar refractivity (Wildman–Crippen MR) is 66.9 cm³/mol. The number of hydrogen-bond donors (Lipinski definition) is 3. The fourth-order valence-electron chi connectivity index (χ4n) is 1.57. The molecular weight excluding hydrogens is 232 g/mol. The summed E-state index contributed by atoms with van der Waals surface area (Å²) in [5, 5.41) is 10.9. The number of amides is 2. The van der Waals surface area contributed by atoms with Crippen LogP contribution in [0.15, 0.2) is 30.3 Å². The summed E-state index contributed by atoms with van der Waals surface area (Å²) in [6, 6.07) is 10.1. The molecule has 0 aliphatic rings. The lowest BCUT2D eigenvalue weighted by molar-refractivity contribution is -0.134. The number of nitrogens with one attached hydrogen (secondary N) is 2. The number of unbranched alkanes of at least 4 members (excludes halogenated alkanes) is 1. The van der Waals surface area contributed by atoms with Crippen LogP contribution >= 0.6 is 0 Å². The highest BCUT2D eigenvalue weighted by atomic mass is 16.5. The monoisotopic (exact) mass is 250 g/mol. The average Bonchev–Trinajstić information content (AvgIpc) is 2.39. The van der Waals surface area contributed by atoms with Gasteiger partial charge in [-0.05, 0) is 24.8 Å². The van der Waals surface area contributed by atoms with Crippen molar-refractivity contribution in [3.63, 3.8) is 0 Å². The fraction of sp³-hybridized carbons (Fsp3) is 0.385. The zero-order valence-electron chi connectivity index (χ0n) is 10.2. The van der Waals surface area contributed by atoms with E-state index in [1.807, 2.05) is 18.2 Å². The van der Waals surface area contributed by atoms with Crippen LogP contribution in [0.25, 0.3) is 0 Å². The van der Waals surface area contributed by atoms with Gasteiger partial charge in [0.05, 0.1) is 0 Å². The van der Waals surface area contributed by atoms with Gasteiger partial charge in [0, 0.05) is 6.54 Å². The van der Waals surface area contributed by atoms with Crippen LogP contribution in [-0.4, -0.2) is 23.6 Å². The Bertz CT molecular complexity index is 379. The standard InChI is InChI=1S/C13H18N2O3/c16-12(10-13(17)15-18)14-9-5-4-8-11-6-2-1-3-7-11/h1-3,6-7,18H,4-5,8-10H2,(H,14,16)(H,15,17). The molecule has 0 unspecified atom stereocenters. The van der Waals surface area contributed by atoms with Crippen LogP contribution < -0.4 is 10.8 Å². The molecule has 0 aromatic heterocycles. The topological polar surface area (TPSA) is 78.4 Å². The van der Waals surface area contributed by atoms with Gasteiger partial charge in [-0.3, -0.25) is 14.8 Å². The Labute approximate surface area is 106 Å². The van der Waals surface area contributed by atoms with Gasteiger partial charge in [0.1, 0.15) is 6.42 Å². The van der Waals surface area contributed by atoms with E-state index in [2.05, 4.69) is 17.4 Å². The molecule has 0 atom stereocenters. The first-order valence-corrected chi connectivity index (χ1v) is 5.96. The second-order valence-electron chi connectivity index (χ2n) is 4.00. The summed E-state index contributed by atoms with van der Waals surface area (Å²) in [6.07, 6.45) is 2.49. The molecule has 5 heteroatoms. The smallest absolute Gasteiger partial charge is 0.252 e. The zero-order chi connectivity index (χ0) is 13.2. The van der Waals surface area contributed by atoms with E-state index in [1.54, 1.807) is 0 Å². The van der Waals surface area contributed by atoms with Crippen molar-refractivity contribution in [2.75, 3.05) is 6.54 Å². The lowest BCUT2D eigenvalue weighted by atomic mass is 10.1. The molecular formula is C13H18N2O3. The minimum atomic E-state index is -0.697. The average molecular weight is 250 g/mol. The third kappa shape index (κ3) is 6.00. The minimum absolute atomic E-state index is 0.338. The van der Waals surface area contributed by atoms with Gasteiger partial charge in [0.25, 0.3) is 5.91 Å². The molecule has 1 aromatic carbocycles. The SMILES string of the molecule is O=C(CC(=O)NCCCCc1ccccc1)NO. The lowest BCUT2D eigenvalue weighted by Gasteiger charge is -2.04. The molecule has 98 valence electrons. The van der Waals surface area contributed by atoms with Gasteiger partial charge in [0.15, 0.2) is 0 Å². The highest BCUT2D eigenvalue weighted by Gasteiger charge is 2.06. The first-order chi connectivity index (χ1) is 8.72. The van der Waals surface area contributed by atoms with E-state index >= 15 is 0 Å². The van der Waals surface area contributed by atoms with Crippen LogP contribution in [0.4, 0.5) is 0 Å². The van der Waals surface area contributed by atoms with Gasteiger partial charge in [0.2, 0.25) is 5.91 Å². The highest BCUT2D eigenvalue weighted by molar-refractivity contribution is 5.96. The van der Waals surface area contributed by atoms with Crippen molar-refractivity contribution in [2.24, 2.45) is 0 Å². The molecule has 0 aliphatic heterocycles. The number of hydrogen-bond acceptors (Lipinski definition) is 3. The maximum Gasteiger partial charge on any atom is 0.252 e. The van der Waals surface area contributed by atoms with Gasteiger partial charge in [-0.15, -0.1) is 0 Å². The van der Waals surface area contributed by atoms with Gasteiger partial charge >= 0.3 is 0 Å². The summed E-state index contributed by atoms with van der Waals surface area (Å²) < 4.78 is 0. The van der Waals surface area contributed by atoms with Crippen molar-refractivity contribution in [3.05, 3.63) is 35.9 Å². The van der Waals surface area contributed by atoms with Crippen molar-refractivity contribution in [2.45, 2.75) is 25.7 Å². The second kappa shape index (κ2) is 8.25. The lowest BCUT2D eigenvalue weighted by Crippen LogP contribution is -2.30. The largest absolute Gasteiger partial charge is 0.356 e. The number of carbonyl (C=O) groups is 2. The van der Waals surface area contributed by atoms with Crippen LogP contribution in [-0.2, 0) is 16.0 Å². The molecule has 0 heterocycles. The molecule has 0 fully saturated rings.